The van der Waals surface area contributed by atoms with Crippen molar-refractivity contribution in [3.8, 4) is 11.4 Å². The third kappa shape index (κ3) is 4.43. The van der Waals surface area contributed by atoms with E-state index in [-0.39, 0.29) is 17.6 Å². The van der Waals surface area contributed by atoms with Gasteiger partial charge >= 0.3 is 0 Å². The fourth-order valence-electron chi connectivity index (χ4n) is 4.69. The van der Waals surface area contributed by atoms with Gasteiger partial charge in [0, 0.05) is 31.7 Å². The van der Waals surface area contributed by atoms with Gasteiger partial charge in [-0.3, -0.25) is 9.69 Å². The number of fused-ring (bicyclic) bond motifs is 1. The molecule has 1 aromatic heterocycles. The summed E-state index contributed by atoms with van der Waals surface area (Å²) >= 11 is 0. The molecule has 0 radical (unpaired) electrons. The Hall–Kier alpha value is -3.94. The van der Waals surface area contributed by atoms with Crippen molar-refractivity contribution >= 4 is 17.9 Å². The predicted molar refractivity (Wildman–Crippen MR) is 133 cm³/mol. The topological polar surface area (TPSA) is 63.0 Å². The van der Waals surface area contributed by atoms with E-state index < -0.39 is 0 Å². The quantitative estimate of drug-likeness (QED) is 0.499. The first-order valence-electron chi connectivity index (χ1n) is 11.8. The molecule has 0 bridgehead atoms. The van der Waals surface area contributed by atoms with Crippen molar-refractivity contribution in [1.29, 1.82) is 0 Å². The average molecular weight is 474 g/mol. The highest BCUT2D eigenvalue weighted by atomic mass is 19.1. The number of ether oxygens (including phenoxy) is 1. The number of methoxy groups -OCH3 is 1. The fraction of sp³-hybridized carbons (Fsp3) is 0.296. The minimum Gasteiger partial charge on any atom is -0.495 e. The van der Waals surface area contributed by atoms with E-state index in [0.717, 1.165) is 42.0 Å². The van der Waals surface area contributed by atoms with Gasteiger partial charge in [-0.15, -0.1) is 0 Å². The normalized spacial score (nSPS) is 18.7. The second-order valence-electron chi connectivity index (χ2n) is 8.91. The average Bonchev–Trinajstić information content (AvgIpc) is 3.43. The van der Waals surface area contributed by atoms with Crippen LogP contribution in [0.4, 0.5) is 4.39 Å². The van der Waals surface area contributed by atoms with E-state index >= 15 is 0 Å². The number of amides is 1. The lowest BCUT2D eigenvalue weighted by molar-refractivity contribution is -0.123. The Morgan fingerprint density at radius 3 is 2.66 bits per heavy atom. The van der Waals surface area contributed by atoms with Crippen LogP contribution in [0.3, 0.4) is 0 Å². The molecule has 2 aromatic carbocycles. The Bertz CT molecular complexity index is 1310. The summed E-state index contributed by atoms with van der Waals surface area (Å²) in [6.45, 7) is 6.09. The molecule has 1 amide bonds. The number of carbonyl (C=O) groups excluding carboxylic acids is 1. The Morgan fingerprint density at radius 1 is 1.17 bits per heavy atom. The molecule has 0 spiro atoms. The van der Waals surface area contributed by atoms with E-state index in [1.54, 1.807) is 36.5 Å². The van der Waals surface area contributed by atoms with E-state index in [1.165, 1.54) is 12.1 Å². The largest absolute Gasteiger partial charge is 0.495 e. The molecule has 1 atom stereocenters. The van der Waals surface area contributed by atoms with Gasteiger partial charge in [-0.1, -0.05) is 25.1 Å². The van der Waals surface area contributed by atoms with Crippen LogP contribution in [-0.4, -0.2) is 58.0 Å². The summed E-state index contributed by atoms with van der Waals surface area (Å²) in [5, 5.41) is 0. The van der Waals surface area contributed by atoms with Crippen molar-refractivity contribution in [2.75, 3.05) is 26.7 Å². The molecular formula is C27H28FN5O2. The van der Waals surface area contributed by atoms with E-state index in [0.29, 0.717) is 24.0 Å². The molecule has 2 aliphatic heterocycles. The van der Waals surface area contributed by atoms with Crippen molar-refractivity contribution in [2.24, 2.45) is 4.99 Å². The van der Waals surface area contributed by atoms with E-state index in [4.69, 9.17) is 9.73 Å². The number of nitrogens with zero attached hydrogens (tertiary/aromatic N) is 5. The Morgan fingerprint density at radius 2 is 1.97 bits per heavy atom. The summed E-state index contributed by atoms with van der Waals surface area (Å²) in [6.07, 6.45) is 6.41. The molecule has 180 valence electrons. The van der Waals surface area contributed by atoms with Gasteiger partial charge in [0.25, 0.3) is 5.91 Å². The summed E-state index contributed by atoms with van der Waals surface area (Å²) in [5.41, 5.74) is 4.03. The third-order valence-corrected chi connectivity index (χ3v) is 6.38. The monoisotopic (exact) mass is 473 g/mol. The Balaban J connectivity index is 1.44. The maximum absolute atomic E-state index is 13.4. The molecule has 5 rings (SSSR count). The Kier molecular flexibility index (Phi) is 6.11. The summed E-state index contributed by atoms with van der Waals surface area (Å²) < 4.78 is 21.0. The zero-order valence-electron chi connectivity index (χ0n) is 20.1. The minimum absolute atomic E-state index is 0.0856. The highest BCUT2D eigenvalue weighted by Gasteiger charge is 2.39. The molecule has 3 heterocycles. The molecule has 0 aliphatic carbocycles. The lowest BCUT2D eigenvalue weighted by Gasteiger charge is -2.39. The lowest BCUT2D eigenvalue weighted by Crippen LogP contribution is -2.53. The predicted octanol–water partition coefficient (Wildman–Crippen LogP) is 4.38. The SMILES string of the molecule is CCCN1CC(c2ccc(F)cc2)CN2C(=O)/C(=C/c3ccc(-n4cnc(C)c4)c(OC)c3)N=C12. The van der Waals surface area contributed by atoms with Crippen LogP contribution in [0.1, 0.15) is 36.1 Å². The lowest BCUT2D eigenvalue weighted by atomic mass is 9.96. The van der Waals surface area contributed by atoms with Crippen molar-refractivity contribution in [3.63, 3.8) is 0 Å². The van der Waals surface area contributed by atoms with Crippen LogP contribution in [0.2, 0.25) is 0 Å². The number of imidazole rings is 1. The number of guanidine groups is 1. The van der Waals surface area contributed by atoms with Crippen LogP contribution in [0.5, 0.6) is 5.75 Å². The number of benzene rings is 2. The Labute approximate surface area is 204 Å². The van der Waals surface area contributed by atoms with Gasteiger partial charge in [-0.2, -0.15) is 0 Å². The number of aromatic nitrogens is 2. The van der Waals surface area contributed by atoms with Gasteiger partial charge in [0.05, 0.1) is 24.8 Å². The van der Waals surface area contributed by atoms with Gasteiger partial charge in [-0.05, 0) is 54.8 Å². The van der Waals surface area contributed by atoms with Crippen LogP contribution in [-0.2, 0) is 4.79 Å². The van der Waals surface area contributed by atoms with Crippen LogP contribution in [0, 0.1) is 12.7 Å². The van der Waals surface area contributed by atoms with E-state index in [2.05, 4.69) is 16.8 Å². The molecule has 0 N–H and O–H groups in total. The first-order valence-corrected chi connectivity index (χ1v) is 11.8. The second kappa shape index (κ2) is 9.37. The van der Waals surface area contributed by atoms with Gasteiger partial charge < -0.3 is 14.2 Å². The molecule has 8 heteroatoms. The van der Waals surface area contributed by atoms with Gasteiger partial charge in [0.1, 0.15) is 17.3 Å². The molecule has 1 fully saturated rings. The number of hydrogen-bond donors (Lipinski definition) is 0. The molecular weight excluding hydrogens is 445 g/mol. The maximum Gasteiger partial charge on any atom is 0.279 e. The molecule has 7 nitrogen and oxygen atoms in total. The molecule has 1 saturated heterocycles. The number of hydrogen-bond acceptors (Lipinski definition) is 5. The minimum atomic E-state index is -0.260. The highest BCUT2D eigenvalue weighted by Crippen LogP contribution is 2.31. The summed E-state index contributed by atoms with van der Waals surface area (Å²) in [6, 6.07) is 12.3. The summed E-state index contributed by atoms with van der Waals surface area (Å²) in [5.74, 6) is 1.07. The van der Waals surface area contributed by atoms with Crippen LogP contribution in [0.15, 0.2) is 65.7 Å². The highest BCUT2D eigenvalue weighted by molar-refractivity contribution is 6.14. The van der Waals surface area contributed by atoms with Gasteiger partial charge in [0.2, 0.25) is 5.96 Å². The number of carbonyl (C=O) groups is 1. The standard InChI is InChI=1S/C27H28FN5O2/c1-4-11-31-15-21(20-6-8-22(28)9-7-20)16-33-26(34)23(30-27(31)33)12-19-5-10-24(25(13-19)35-3)32-14-18(2)29-17-32/h5-10,12-14,17,21H,4,11,15-16H2,1-3H3/b23-12-. The first kappa shape index (κ1) is 22.8. The molecule has 1 unspecified atom stereocenters. The van der Waals surface area contributed by atoms with E-state index in [1.807, 2.05) is 35.9 Å². The van der Waals surface area contributed by atoms with Crippen molar-refractivity contribution in [2.45, 2.75) is 26.2 Å². The summed E-state index contributed by atoms with van der Waals surface area (Å²) in [7, 11) is 1.62. The molecule has 35 heavy (non-hydrogen) atoms. The number of aliphatic imine (C=N–C) groups is 1. The van der Waals surface area contributed by atoms with Crippen LogP contribution < -0.4 is 4.74 Å². The zero-order valence-corrected chi connectivity index (χ0v) is 20.1. The van der Waals surface area contributed by atoms with Crippen molar-refractivity contribution in [1.82, 2.24) is 19.4 Å². The third-order valence-electron chi connectivity index (χ3n) is 6.38. The van der Waals surface area contributed by atoms with Crippen LogP contribution >= 0.6 is 0 Å². The van der Waals surface area contributed by atoms with Gasteiger partial charge in [-0.25, -0.2) is 14.4 Å². The molecule has 2 aliphatic rings. The number of halogens is 1. The summed E-state index contributed by atoms with van der Waals surface area (Å²) in [4.78, 5) is 26.3. The zero-order chi connectivity index (χ0) is 24.5. The molecule has 3 aromatic rings. The second-order valence-corrected chi connectivity index (χ2v) is 8.91. The number of aryl methyl sites for hydroxylation is 1. The molecule has 0 saturated carbocycles. The number of rotatable bonds is 6. The smallest absolute Gasteiger partial charge is 0.279 e. The maximum atomic E-state index is 13.4. The fourth-order valence-corrected chi connectivity index (χ4v) is 4.69. The van der Waals surface area contributed by atoms with Crippen molar-refractivity contribution in [3.05, 3.63) is 83.3 Å². The van der Waals surface area contributed by atoms with Crippen molar-refractivity contribution < 1.29 is 13.9 Å². The first-order chi connectivity index (χ1) is 17.0. The van der Waals surface area contributed by atoms with Gasteiger partial charge in [0.15, 0.2) is 0 Å². The van der Waals surface area contributed by atoms with E-state index in [9.17, 15) is 9.18 Å². The van der Waals surface area contributed by atoms with Crippen LogP contribution in [0.25, 0.3) is 11.8 Å².